The number of methoxy groups -OCH3 is 1. The lowest BCUT2D eigenvalue weighted by Gasteiger charge is -2.29. The molecule has 0 amide bonds. The number of benzene rings is 1. The van der Waals surface area contributed by atoms with Gasteiger partial charge in [0.05, 0.1) is 18.7 Å². The molecule has 0 bridgehead atoms. The van der Waals surface area contributed by atoms with Crippen LogP contribution in [-0.2, 0) is 11.3 Å². The van der Waals surface area contributed by atoms with Crippen molar-refractivity contribution in [3.05, 3.63) is 35.5 Å². The second kappa shape index (κ2) is 7.23. The van der Waals surface area contributed by atoms with Gasteiger partial charge >= 0.3 is 5.97 Å². The average Bonchev–Trinajstić information content (AvgIpc) is 2.95. The number of rotatable bonds is 5. The number of oxazole rings is 1. The highest BCUT2D eigenvalue weighted by Crippen LogP contribution is 2.33. The molecule has 0 spiro atoms. The topological polar surface area (TPSA) is 75.8 Å². The van der Waals surface area contributed by atoms with E-state index in [-0.39, 0.29) is 17.4 Å². The van der Waals surface area contributed by atoms with Crippen LogP contribution in [0.1, 0.15) is 24.3 Å². The maximum absolute atomic E-state index is 14.2. The van der Waals surface area contributed by atoms with Gasteiger partial charge in [-0.05, 0) is 45.0 Å². The van der Waals surface area contributed by atoms with Gasteiger partial charge in [-0.15, -0.1) is 0 Å². The molecular formula is C18H21FN2O4. The first kappa shape index (κ1) is 17.4. The summed E-state index contributed by atoms with van der Waals surface area (Å²) in [5.74, 6) is -0.257. The molecule has 2 aromatic rings. The van der Waals surface area contributed by atoms with Crippen molar-refractivity contribution < 1.29 is 23.4 Å². The molecule has 1 saturated heterocycles. The Morgan fingerprint density at radius 3 is 2.80 bits per heavy atom. The van der Waals surface area contributed by atoms with Crippen molar-refractivity contribution in [2.45, 2.75) is 26.3 Å². The fourth-order valence-electron chi connectivity index (χ4n) is 3.11. The van der Waals surface area contributed by atoms with E-state index in [9.17, 15) is 9.18 Å². The molecule has 1 aliphatic rings. The number of piperidine rings is 1. The SMILES string of the molecule is COc1cccc(F)c1-c1nc(CN2CCC(C(=O)O)CC2)c(C)o1. The molecule has 0 radical (unpaired) electrons. The van der Waals surface area contributed by atoms with E-state index in [0.29, 0.717) is 44.0 Å². The van der Waals surface area contributed by atoms with Crippen LogP contribution in [0.3, 0.4) is 0 Å². The van der Waals surface area contributed by atoms with Crippen LogP contribution in [0.5, 0.6) is 5.75 Å². The second-order valence-electron chi connectivity index (χ2n) is 6.23. The summed E-state index contributed by atoms with van der Waals surface area (Å²) in [6, 6.07) is 4.57. The number of nitrogens with zero attached hydrogens (tertiary/aromatic N) is 2. The van der Waals surface area contributed by atoms with Crippen molar-refractivity contribution in [1.82, 2.24) is 9.88 Å². The molecule has 3 rings (SSSR count). The number of ether oxygens (including phenoxy) is 1. The summed E-state index contributed by atoms with van der Waals surface area (Å²) in [4.78, 5) is 17.6. The van der Waals surface area contributed by atoms with Gasteiger partial charge in [-0.1, -0.05) is 6.07 Å². The molecule has 1 aromatic heterocycles. The standard InChI is InChI=1S/C18H21FN2O4/c1-11-14(10-21-8-6-12(7-9-21)18(22)23)20-17(25-11)16-13(19)4-3-5-15(16)24-2/h3-5,12H,6-10H2,1-2H3,(H,22,23). The second-order valence-corrected chi connectivity index (χ2v) is 6.23. The number of aromatic nitrogens is 1. The number of likely N-dealkylation sites (tertiary alicyclic amines) is 1. The molecule has 0 aliphatic carbocycles. The van der Waals surface area contributed by atoms with Gasteiger partial charge in [-0.25, -0.2) is 9.37 Å². The van der Waals surface area contributed by atoms with Crippen LogP contribution in [0.2, 0.25) is 0 Å². The van der Waals surface area contributed by atoms with Gasteiger partial charge in [-0.3, -0.25) is 9.69 Å². The van der Waals surface area contributed by atoms with E-state index in [1.54, 1.807) is 19.1 Å². The minimum atomic E-state index is -0.730. The van der Waals surface area contributed by atoms with Gasteiger partial charge in [0.1, 0.15) is 22.9 Å². The lowest BCUT2D eigenvalue weighted by atomic mass is 9.97. The largest absolute Gasteiger partial charge is 0.496 e. The zero-order chi connectivity index (χ0) is 18.0. The molecule has 7 heteroatoms. The average molecular weight is 348 g/mol. The maximum Gasteiger partial charge on any atom is 0.306 e. The Labute approximate surface area is 145 Å². The van der Waals surface area contributed by atoms with E-state index < -0.39 is 11.8 Å². The summed E-state index contributed by atoms with van der Waals surface area (Å²) in [5, 5.41) is 9.07. The molecule has 0 saturated carbocycles. The molecule has 1 aliphatic heterocycles. The molecule has 1 fully saturated rings. The Bertz CT molecular complexity index is 766. The maximum atomic E-state index is 14.2. The van der Waals surface area contributed by atoms with E-state index in [1.165, 1.54) is 13.2 Å². The van der Waals surface area contributed by atoms with E-state index in [2.05, 4.69) is 9.88 Å². The van der Waals surface area contributed by atoms with E-state index >= 15 is 0 Å². The Morgan fingerprint density at radius 1 is 1.44 bits per heavy atom. The smallest absolute Gasteiger partial charge is 0.306 e. The van der Waals surface area contributed by atoms with Gasteiger partial charge < -0.3 is 14.3 Å². The highest BCUT2D eigenvalue weighted by atomic mass is 19.1. The van der Waals surface area contributed by atoms with Crippen molar-refractivity contribution in [3.63, 3.8) is 0 Å². The van der Waals surface area contributed by atoms with Crippen LogP contribution in [0.25, 0.3) is 11.5 Å². The number of carboxylic acid groups (broad SMARTS) is 1. The minimum absolute atomic E-state index is 0.197. The lowest BCUT2D eigenvalue weighted by Crippen LogP contribution is -2.36. The Morgan fingerprint density at radius 2 is 2.16 bits per heavy atom. The number of aliphatic carboxylic acids is 1. The number of halogens is 1. The van der Waals surface area contributed by atoms with E-state index in [1.807, 2.05) is 0 Å². The fourth-order valence-corrected chi connectivity index (χ4v) is 3.11. The molecule has 0 atom stereocenters. The third-order valence-corrected chi connectivity index (χ3v) is 4.61. The van der Waals surface area contributed by atoms with E-state index in [4.69, 9.17) is 14.3 Å². The summed E-state index contributed by atoms with van der Waals surface area (Å²) in [6.45, 7) is 3.74. The number of aryl methyl sites for hydroxylation is 1. The van der Waals surface area contributed by atoms with Gasteiger partial charge in [-0.2, -0.15) is 0 Å². The summed E-state index contributed by atoms with van der Waals surface area (Å²) in [5.41, 5.74) is 0.943. The summed E-state index contributed by atoms with van der Waals surface area (Å²) >= 11 is 0. The fraction of sp³-hybridized carbons (Fsp3) is 0.444. The number of carbonyl (C=O) groups is 1. The first-order valence-corrected chi connectivity index (χ1v) is 8.24. The third kappa shape index (κ3) is 3.66. The van der Waals surface area contributed by atoms with Crippen LogP contribution >= 0.6 is 0 Å². The first-order valence-electron chi connectivity index (χ1n) is 8.24. The van der Waals surface area contributed by atoms with Gasteiger partial charge in [0.15, 0.2) is 0 Å². The number of hydrogen-bond acceptors (Lipinski definition) is 5. The number of hydrogen-bond donors (Lipinski definition) is 1. The molecule has 6 nitrogen and oxygen atoms in total. The summed E-state index contributed by atoms with van der Waals surface area (Å²) in [7, 11) is 1.47. The van der Waals surface area contributed by atoms with Gasteiger partial charge in [0.2, 0.25) is 5.89 Å². The zero-order valence-electron chi connectivity index (χ0n) is 14.3. The van der Waals surface area contributed by atoms with Crippen LogP contribution in [0.4, 0.5) is 4.39 Å². The first-order chi connectivity index (χ1) is 12.0. The predicted molar refractivity (Wildman–Crippen MR) is 88.8 cm³/mol. The van der Waals surface area contributed by atoms with Gasteiger partial charge in [0, 0.05) is 6.54 Å². The lowest BCUT2D eigenvalue weighted by molar-refractivity contribution is -0.143. The van der Waals surface area contributed by atoms with Crippen LogP contribution in [0, 0.1) is 18.7 Å². The normalized spacial score (nSPS) is 16.1. The quantitative estimate of drug-likeness (QED) is 0.895. The monoisotopic (exact) mass is 348 g/mol. The zero-order valence-corrected chi connectivity index (χ0v) is 14.3. The molecular weight excluding hydrogens is 327 g/mol. The van der Waals surface area contributed by atoms with Crippen molar-refractivity contribution in [3.8, 4) is 17.2 Å². The third-order valence-electron chi connectivity index (χ3n) is 4.61. The van der Waals surface area contributed by atoms with Crippen molar-refractivity contribution in [2.24, 2.45) is 5.92 Å². The van der Waals surface area contributed by atoms with E-state index in [0.717, 1.165) is 5.69 Å². The molecule has 25 heavy (non-hydrogen) atoms. The molecule has 2 heterocycles. The van der Waals surface area contributed by atoms with Crippen LogP contribution in [0.15, 0.2) is 22.6 Å². The minimum Gasteiger partial charge on any atom is -0.496 e. The number of carboxylic acids is 1. The van der Waals surface area contributed by atoms with Crippen LogP contribution in [-0.4, -0.2) is 41.2 Å². The molecule has 1 aromatic carbocycles. The Hall–Kier alpha value is -2.41. The summed E-state index contributed by atoms with van der Waals surface area (Å²) in [6.07, 6.45) is 1.25. The molecule has 0 unspecified atom stereocenters. The summed E-state index contributed by atoms with van der Waals surface area (Å²) < 4.78 is 25.1. The van der Waals surface area contributed by atoms with Crippen molar-refractivity contribution >= 4 is 5.97 Å². The van der Waals surface area contributed by atoms with Crippen LogP contribution < -0.4 is 4.74 Å². The Balaban J connectivity index is 1.77. The Kier molecular flexibility index (Phi) is 5.03. The highest BCUT2D eigenvalue weighted by molar-refractivity contribution is 5.70. The van der Waals surface area contributed by atoms with Crippen molar-refractivity contribution in [2.75, 3.05) is 20.2 Å². The highest BCUT2D eigenvalue weighted by Gasteiger charge is 2.26. The van der Waals surface area contributed by atoms with Crippen molar-refractivity contribution in [1.29, 1.82) is 0 Å². The predicted octanol–water partition coefficient (Wildman–Crippen LogP) is 3.09. The molecule has 1 N–H and O–H groups in total. The van der Waals surface area contributed by atoms with Gasteiger partial charge in [0.25, 0.3) is 0 Å². The molecule has 134 valence electrons.